The Morgan fingerprint density at radius 3 is 2.54 bits per heavy atom. The van der Waals surface area contributed by atoms with Crippen LogP contribution in [-0.2, 0) is 6.54 Å². The first-order chi connectivity index (χ1) is 11.0. The van der Waals surface area contributed by atoms with E-state index in [1.807, 2.05) is 18.3 Å². The second-order valence-electron chi connectivity index (χ2n) is 5.21. The highest BCUT2D eigenvalue weighted by Crippen LogP contribution is 2.18. The van der Waals surface area contributed by atoms with Crippen LogP contribution in [0.5, 0.6) is 0 Å². The summed E-state index contributed by atoms with van der Waals surface area (Å²) < 4.78 is 38.5. The average molecular weight is 454 g/mol. The number of para-hydroxylation sites is 1. The molecule has 4 nitrogen and oxygen atoms in total. The highest BCUT2D eigenvalue weighted by Gasteiger charge is 2.26. The van der Waals surface area contributed by atoms with Crippen molar-refractivity contribution in [3.63, 3.8) is 0 Å². The molecule has 0 unspecified atom stereocenters. The molecule has 0 amide bonds. The van der Waals surface area contributed by atoms with Crippen molar-refractivity contribution >= 4 is 40.8 Å². The van der Waals surface area contributed by atoms with E-state index in [4.69, 9.17) is 0 Å². The first-order valence-electron chi connectivity index (χ1n) is 7.55. The van der Waals surface area contributed by atoms with Crippen LogP contribution >= 0.6 is 24.0 Å². The van der Waals surface area contributed by atoms with Crippen molar-refractivity contribution in [1.82, 2.24) is 15.2 Å². The van der Waals surface area contributed by atoms with Crippen LogP contribution in [0.25, 0.3) is 10.9 Å². The van der Waals surface area contributed by atoms with Crippen molar-refractivity contribution in [2.24, 2.45) is 4.99 Å². The van der Waals surface area contributed by atoms with Gasteiger partial charge in [0.15, 0.2) is 5.96 Å². The second-order valence-corrected chi connectivity index (χ2v) is 5.21. The van der Waals surface area contributed by atoms with E-state index in [9.17, 15) is 13.2 Å². The number of hydrogen-bond acceptors (Lipinski definition) is 1. The van der Waals surface area contributed by atoms with Crippen LogP contribution < -0.4 is 10.6 Å². The molecule has 2 aromatic rings. The number of nitrogens with one attached hydrogen (secondary N) is 2. The second kappa shape index (κ2) is 9.75. The van der Waals surface area contributed by atoms with E-state index in [-0.39, 0.29) is 30.5 Å². The third-order valence-corrected chi connectivity index (χ3v) is 3.47. The molecule has 2 N–H and O–H groups in total. The van der Waals surface area contributed by atoms with Gasteiger partial charge in [0, 0.05) is 38.4 Å². The fourth-order valence-electron chi connectivity index (χ4n) is 2.34. The van der Waals surface area contributed by atoms with Crippen molar-refractivity contribution in [3.05, 3.63) is 36.5 Å². The molecule has 8 heteroatoms. The maximum atomic E-state index is 12.1. The molecular formula is C16H22F3IN4. The first-order valence-corrected chi connectivity index (χ1v) is 7.55. The van der Waals surface area contributed by atoms with Crippen molar-refractivity contribution in [1.29, 1.82) is 0 Å². The number of nitrogens with zero attached hydrogens (tertiary/aromatic N) is 2. The predicted octanol–water partition coefficient (Wildman–Crippen LogP) is 3.77. The molecule has 0 aliphatic rings. The number of guanidine groups is 1. The van der Waals surface area contributed by atoms with Crippen LogP contribution in [0.1, 0.15) is 12.8 Å². The summed E-state index contributed by atoms with van der Waals surface area (Å²) in [6.45, 7) is 1.30. The van der Waals surface area contributed by atoms with Gasteiger partial charge >= 0.3 is 6.18 Å². The monoisotopic (exact) mass is 454 g/mol. The van der Waals surface area contributed by atoms with Gasteiger partial charge in [-0.15, -0.1) is 24.0 Å². The number of alkyl halides is 3. The number of hydrogen-bond donors (Lipinski definition) is 2. The minimum Gasteiger partial charge on any atom is -0.356 e. The molecule has 24 heavy (non-hydrogen) atoms. The highest BCUT2D eigenvalue weighted by molar-refractivity contribution is 14.0. The minimum absolute atomic E-state index is 0. The maximum Gasteiger partial charge on any atom is 0.390 e. The number of rotatable bonds is 6. The van der Waals surface area contributed by atoms with E-state index < -0.39 is 12.6 Å². The fourth-order valence-corrected chi connectivity index (χ4v) is 2.34. The Bertz CT molecular complexity index is 652. The Balaban J connectivity index is 0.00000288. The predicted molar refractivity (Wildman–Crippen MR) is 102 cm³/mol. The summed E-state index contributed by atoms with van der Waals surface area (Å²) in [5.41, 5.74) is 1.18. The van der Waals surface area contributed by atoms with Gasteiger partial charge < -0.3 is 15.2 Å². The number of benzene rings is 1. The number of halogens is 4. The highest BCUT2D eigenvalue weighted by atomic mass is 127. The van der Waals surface area contributed by atoms with Gasteiger partial charge in [0.25, 0.3) is 0 Å². The van der Waals surface area contributed by atoms with Crippen LogP contribution in [0.4, 0.5) is 13.2 Å². The van der Waals surface area contributed by atoms with Crippen molar-refractivity contribution in [3.8, 4) is 0 Å². The summed E-state index contributed by atoms with van der Waals surface area (Å²) in [6.07, 6.45) is -2.13. The van der Waals surface area contributed by atoms with Gasteiger partial charge in [0.2, 0.25) is 0 Å². The Kier molecular flexibility index (Phi) is 8.37. The molecule has 0 saturated heterocycles. The van der Waals surface area contributed by atoms with E-state index in [1.165, 1.54) is 10.9 Å². The standard InChI is InChI=1S/C16H21F3N4.HI/c1-20-15(22-10-8-16(17,18)19)21-9-4-11-23-12-7-13-5-2-3-6-14(13)23;/h2-3,5-7,12H,4,8-11H2,1H3,(H2,20,21,22);1H. The molecule has 0 bridgehead atoms. The quantitative estimate of drug-likeness (QED) is 0.302. The largest absolute Gasteiger partial charge is 0.390 e. The van der Waals surface area contributed by atoms with Crippen LogP contribution in [0, 0.1) is 0 Å². The zero-order chi connectivity index (χ0) is 16.7. The van der Waals surface area contributed by atoms with Crippen LogP contribution in [0.3, 0.4) is 0 Å². The molecule has 2 rings (SSSR count). The topological polar surface area (TPSA) is 41.4 Å². The molecule has 1 aromatic heterocycles. The molecule has 0 aliphatic heterocycles. The Morgan fingerprint density at radius 1 is 1.12 bits per heavy atom. The Hall–Kier alpha value is -1.45. The fraction of sp³-hybridized carbons (Fsp3) is 0.438. The number of aryl methyl sites for hydroxylation is 1. The number of fused-ring (bicyclic) bond motifs is 1. The Labute approximate surface area is 156 Å². The number of aliphatic imine (C=N–C) groups is 1. The molecule has 134 valence electrons. The van der Waals surface area contributed by atoms with Crippen molar-refractivity contribution in [2.75, 3.05) is 20.1 Å². The van der Waals surface area contributed by atoms with E-state index >= 15 is 0 Å². The molecule has 0 radical (unpaired) electrons. The summed E-state index contributed by atoms with van der Waals surface area (Å²) >= 11 is 0. The molecule has 0 atom stereocenters. The van der Waals surface area contributed by atoms with E-state index in [0.29, 0.717) is 12.5 Å². The third kappa shape index (κ3) is 6.58. The van der Waals surface area contributed by atoms with Gasteiger partial charge in [-0.1, -0.05) is 18.2 Å². The van der Waals surface area contributed by atoms with Gasteiger partial charge in [0.1, 0.15) is 0 Å². The molecule has 1 heterocycles. The summed E-state index contributed by atoms with van der Waals surface area (Å²) in [5, 5.41) is 6.88. The first kappa shape index (κ1) is 20.6. The normalized spacial score (nSPS) is 12.1. The lowest BCUT2D eigenvalue weighted by Gasteiger charge is -2.13. The zero-order valence-corrected chi connectivity index (χ0v) is 15.8. The lowest BCUT2D eigenvalue weighted by molar-refractivity contribution is -0.132. The van der Waals surface area contributed by atoms with Gasteiger partial charge in [-0.2, -0.15) is 13.2 Å². The molecule has 0 aliphatic carbocycles. The number of aromatic nitrogens is 1. The SMILES string of the molecule is CN=C(NCCCn1ccc2ccccc21)NCCC(F)(F)F.I. The molecule has 0 spiro atoms. The lowest BCUT2D eigenvalue weighted by atomic mass is 10.2. The van der Waals surface area contributed by atoms with Crippen LogP contribution in [0.15, 0.2) is 41.5 Å². The summed E-state index contributed by atoms with van der Waals surface area (Å²) in [4.78, 5) is 3.91. The van der Waals surface area contributed by atoms with Gasteiger partial charge in [-0.3, -0.25) is 4.99 Å². The van der Waals surface area contributed by atoms with Crippen LogP contribution in [-0.4, -0.2) is 36.8 Å². The smallest absolute Gasteiger partial charge is 0.356 e. The summed E-state index contributed by atoms with van der Waals surface area (Å²) in [7, 11) is 1.54. The van der Waals surface area contributed by atoms with Gasteiger partial charge in [-0.25, -0.2) is 0 Å². The summed E-state index contributed by atoms with van der Waals surface area (Å²) in [5.74, 6) is 0.395. The zero-order valence-electron chi connectivity index (χ0n) is 13.4. The molecule has 0 fully saturated rings. The van der Waals surface area contributed by atoms with E-state index in [1.54, 1.807) is 7.05 Å². The molecular weight excluding hydrogens is 432 g/mol. The van der Waals surface area contributed by atoms with E-state index in [0.717, 1.165) is 13.0 Å². The van der Waals surface area contributed by atoms with Crippen molar-refractivity contribution in [2.45, 2.75) is 25.6 Å². The maximum absolute atomic E-state index is 12.1. The summed E-state index contributed by atoms with van der Waals surface area (Å²) in [6, 6.07) is 10.2. The minimum atomic E-state index is -4.15. The lowest BCUT2D eigenvalue weighted by Crippen LogP contribution is -2.39. The molecule has 1 aromatic carbocycles. The molecule has 0 saturated carbocycles. The van der Waals surface area contributed by atoms with Crippen molar-refractivity contribution < 1.29 is 13.2 Å². The van der Waals surface area contributed by atoms with Crippen LogP contribution in [0.2, 0.25) is 0 Å². The van der Waals surface area contributed by atoms with E-state index in [2.05, 4.69) is 38.4 Å². The average Bonchev–Trinajstić information content (AvgIpc) is 2.92. The third-order valence-electron chi connectivity index (χ3n) is 3.47. The van der Waals surface area contributed by atoms with Gasteiger partial charge in [-0.05, 0) is 23.9 Å². The van der Waals surface area contributed by atoms with Gasteiger partial charge in [0.05, 0.1) is 6.42 Å². The Morgan fingerprint density at radius 2 is 1.83 bits per heavy atom.